The van der Waals surface area contributed by atoms with Gasteiger partial charge in [-0.05, 0) is 100.0 Å². The number of aromatic nitrogens is 1. The van der Waals surface area contributed by atoms with Gasteiger partial charge in [0.2, 0.25) is 5.91 Å². The van der Waals surface area contributed by atoms with E-state index in [2.05, 4.69) is 9.88 Å². The highest BCUT2D eigenvalue weighted by Gasteiger charge is 2.52. The van der Waals surface area contributed by atoms with Crippen LogP contribution in [0, 0.1) is 23.6 Å². The Bertz CT molecular complexity index is 1120. The first-order chi connectivity index (χ1) is 17.3. The topological polar surface area (TPSA) is 57.6 Å². The molecule has 5 aliphatic rings. The monoisotopic (exact) mass is 492 g/mol. The Hall–Kier alpha value is -2.83. The van der Waals surface area contributed by atoms with Crippen LogP contribution in [0.2, 0.25) is 0 Å². The summed E-state index contributed by atoms with van der Waals surface area (Å²) in [6.07, 6.45) is 9.20. The molecule has 192 valence electrons. The quantitative estimate of drug-likeness (QED) is 0.642. The number of nitrogens with one attached hydrogen (secondary N) is 1. The predicted molar refractivity (Wildman–Crippen MR) is 136 cm³/mol. The second-order valence-electron chi connectivity index (χ2n) is 12.0. The van der Waals surface area contributed by atoms with Gasteiger partial charge in [-0.15, -0.1) is 0 Å². The summed E-state index contributed by atoms with van der Waals surface area (Å²) in [6, 6.07) is 9.85. The van der Waals surface area contributed by atoms with Crippen LogP contribution < -0.4 is 5.32 Å². The zero-order chi connectivity index (χ0) is 25.0. The van der Waals surface area contributed by atoms with E-state index < -0.39 is 0 Å². The molecule has 3 amide bonds. The van der Waals surface area contributed by atoms with Gasteiger partial charge in [0, 0.05) is 36.6 Å². The summed E-state index contributed by atoms with van der Waals surface area (Å²) in [5.74, 6) is 1.79. The minimum atomic E-state index is -0.378. The minimum absolute atomic E-state index is 0.0163. The summed E-state index contributed by atoms with van der Waals surface area (Å²) in [6.45, 7) is 5.16. The molecule has 36 heavy (non-hydrogen) atoms. The molecule has 2 aromatic rings. The van der Waals surface area contributed by atoms with Crippen molar-refractivity contribution in [3.63, 3.8) is 0 Å². The maximum absolute atomic E-state index is 14.2. The van der Waals surface area contributed by atoms with E-state index in [0.29, 0.717) is 13.1 Å². The number of fused-ring (bicyclic) bond motifs is 1. The molecule has 0 radical (unpaired) electrons. The normalized spacial score (nSPS) is 30.4. The van der Waals surface area contributed by atoms with Gasteiger partial charge in [0.25, 0.3) is 0 Å². The van der Waals surface area contributed by atoms with Crippen LogP contribution in [0.15, 0.2) is 42.6 Å². The molecule has 0 saturated heterocycles. The number of hydrogen-bond acceptors (Lipinski definition) is 2. The van der Waals surface area contributed by atoms with Crippen LogP contribution in [0.25, 0.3) is 0 Å². The first-order valence-corrected chi connectivity index (χ1v) is 13.6. The van der Waals surface area contributed by atoms with Crippen molar-refractivity contribution in [1.29, 1.82) is 0 Å². The fourth-order valence-electron chi connectivity index (χ4n) is 7.97. The third-order valence-corrected chi connectivity index (χ3v) is 9.12. The second kappa shape index (κ2) is 8.93. The summed E-state index contributed by atoms with van der Waals surface area (Å²) >= 11 is 0. The van der Waals surface area contributed by atoms with Crippen molar-refractivity contribution in [3.8, 4) is 0 Å². The first kappa shape index (κ1) is 23.6. The minimum Gasteiger partial charge on any atom is -0.348 e. The molecule has 4 saturated carbocycles. The van der Waals surface area contributed by atoms with Crippen molar-refractivity contribution in [1.82, 2.24) is 19.7 Å². The largest absolute Gasteiger partial charge is 0.348 e. The number of halogens is 1. The van der Waals surface area contributed by atoms with E-state index in [9.17, 15) is 14.0 Å². The molecule has 7 rings (SSSR count). The number of carbonyl (C=O) groups is 2. The van der Waals surface area contributed by atoms with E-state index in [1.807, 2.05) is 43.1 Å². The lowest BCUT2D eigenvalue weighted by atomic mass is 9.53. The van der Waals surface area contributed by atoms with Crippen molar-refractivity contribution in [3.05, 3.63) is 59.7 Å². The summed E-state index contributed by atoms with van der Waals surface area (Å²) in [4.78, 5) is 30.9. The molecule has 2 heterocycles. The molecular formula is C29H37FN4O2. The molecule has 1 N–H and O–H groups in total. The predicted octanol–water partition coefficient (Wildman–Crippen LogP) is 4.95. The van der Waals surface area contributed by atoms with Crippen LogP contribution in [0.3, 0.4) is 0 Å². The van der Waals surface area contributed by atoms with Gasteiger partial charge in [0.15, 0.2) is 0 Å². The fourth-order valence-corrected chi connectivity index (χ4v) is 7.97. The lowest BCUT2D eigenvalue weighted by Crippen LogP contribution is -2.63. The SMILES string of the molecule is CC(C)N(CC(=O)N1CCn2cccc2C1c1cccc(F)c1)C(=O)NC12CC3CC(CC(C3)C1)C2. The van der Waals surface area contributed by atoms with Gasteiger partial charge in [-0.2, -0.15) is 0 Å². The molecular weight excluding hydrogens is 455 g/mol. The Morgan fingerprint density at radius 2 is 1.75 bits per heavy atom. The van der Waals surface area contributed by atoms with Crippen molar-refractivity contribution in [2.24, 2.45) is 17.8 Å². The Balaban J connectivity index is 1.22. The summed E-state index contributed by atoms with van der Waals surface area (Å²) < 4.78 is 16.3. The third-order valence-electron chi connectivity index (χ3n) is 9.12. The van der Waals surface area contributed by atoms with Gasteiger partial charge in [-0.25, -0.2) is 9.18 Å². The molecule has 7 heteroatoms. The standard InChI is InChI=1S/C29H37FN4O2/c1-19(2)34(28(36)31-29-15-20-11-21(16-29)13-22(12-20)17-29)18-26(35)33-10-9-32-8-4-7-25(32)27(33)23-5-3-6-24(30)14-23/h3-8,14,19-22,27H,9-13,15-18H2,1-2H3,(H,31,36). The Morgan fingerprint density at radius 1 is 1.06 bits per heavy atom. The number of benzene rings is 1. The molecule has 6 nitrogen and oxygen atoms in total. The van der Waals surface area contributed by atoms with E-state index >= 15 is 0 Å². The second-order valence-corrected chi connectivity index (χ2v) is 12.0. The summed E-state index contributed by atoms with van der Waals surface area (Å²) in [7, 11) is 0. The van der Waals surface area contributed by atoms with Gasteiger partial charge >= 0.3 is 6.03 Å². The van der Waals surface area contributed by atoms with Crippen LogP contribution >= 0.6 is 0 Å². The van der Waals surface area contributed by atoms with E-state index in [0.717, 1.165) is 48.3 Å². The Kier molecular flexibility index (Phi) is 5.84. The number of nitrogens with zero attached hydrogens (tertiary/aromatic N) is 3. The highest BCUT2D eigenvalue weighted by Crippen LogP contribution is 2.55. The van der Waals surface area contributed by atoms with Crippen LogP contribution in [0.5, 0.6) is 0 Å². The number of urea groups is 1. The molecule has 1 aromatic heterocycles. The van der Waals surface area contributed by atoms with Gasteiger partial charge in [0.1, 0.15) is 12.4 Å². The zero-order valence-corrected chi connectivity index (χ0v) is 21.3. The lowest BCUT2D eigenvalue weighted by molar-refractivity contribution is -0.135. The van der Waals surface area contributed by atoms with Gasteiger partial charge in [-0.1, -0.05) is 12.1 Å². The molecule has 1 aliphatic heterocycles. The summed E-state index contributed by atoms with van der Waals surface area (Å²) in [5.41, 5.74) is 1.62. The molecule has 1 aromatic carbocycles. The molecule has 1 unspecified atom stereocenters. The van der Waals surface area contributed by atoms with E-state index in [4.69, 9.17) is 0 Å². The third kappa shape index (κ3) is 4.20. The van der Waals surface area contributed by atoms with Crippen molar-refractivity contribution >= 4 is 11.9 Å². The van der Waals surface area contributed by atoms with Crippen LogP contribution in [-0.4, -0.2) is 51.0 Å². The maximum Gasteiger partial charge on any atom is 0.318 e. The Labute approximate surface area is 212 Å². The van der Waals surface area contributed by atoms with Crippen molar-refractivity contribution in [2.75, 3.05) is 13.1 Å². The zero-order valence-electron chi connectivity index (χ0n) is 21.3. The first-order valence-electron chi connectivity index (χ1n) is 13.6. The maximum atomic E-state index is 14.2. The van der Waals surface area contributed by atoms with Crippen LogP contribution in [0.1, 0.15) is 69.7 Å². The smallest absolute Gasteiger partial charge is 0.318 e. The van der Waals surface area contributed by atoms with Gasteiger partial charge < -0.3 is 19.7 Å². The van der Waals surface area contributed by atoms with E-state index in [1.165, 1.54) is 31.4 Å². The highest BCUT2D eigenvalue weighted by molar-refractivity contribution is 5.85. The van der Waals surface area contributed by atoms with E-state index in [-0.39, 0.29) is 41.9 Å². The van der Waals surface area contributed by atoms with Gasteiger partial charge in [-0.3, -0.25) is 4.79 Å². The average molecular weight is 493 g/mol. The molecule has 4 fully saturated rings. The fraction of sp³-hybridized carbons (Fsp3) is 0.586. The Morgan fingerprint density at radius 3 is 2.39 bits per heavy atom. The molecule has 0 spiro atoms. The molecule has 4 bridgehead atoms. The number of hydrogen-bond donors (Lipinski definition) is 1. The van der Waals surface area contributed by atoms with Crippen molar-refractivity contribution < 1.29 is 14.0 Å². The van der Waals surface area contributed by atoms with Crippen LogP contribution in [0.4, 0.5) is 9.18 Å². The summed E-state index contributed by atoms with van der Waals surface area (Å²) in [5, 5.41) is 3.44. The average Bonchev–Trinajstić information content (AvgIpc) is 3.29. The highest BCUT2D eigenvalue weighted by atomic mass is 19.1. The molecule has 1 atom stereocenters. The lowest BCUT2D eigenvalue weighted by Gasteiger charge is -2.57. The number of rotatable bonds is 5. The van der Waals surface area contributed by atoms with Crippen molar-refractivity contribution in [2.45, 2.75) is 76.5 Å². The van der Waals surface area contributed by atoms with E-state index in [1.54, 1.807) is 11.0 Å². The van der Waals surface area contributed by atoms with Gasteiger partial charge in [0.05, 0.1) is 6.04 Å². The molecule has 4 aliphatic carbocycles. The number of carbonyl (C=O) groups excluding carboxylic acids is 2. The van der Waals surface area contributed by atoms with Crippen LogP contribution in [-0.2, 0) is 11.3 Å². The number of amides is 3.